The van der Waals surface area contributed by atoms with Gasteiger partial charge in [0.1, 0.15) is 5.82 Å². The van der Waals surface area contributed by atoms with Crippen molar-refractivity contribution in [1.29, 1.82) is 0 Å². The van der Waals surface area contributed by atoms with Crippen molar-refractivity contribution < 1.29 is 27.3 Å². The number of ketones is 1. The number of nitro groups is 1. The van der Waals surface area contributed by atoms with Gasteiger partial charge in [0.05, 0.1) is 9.82 Å². The van der Waals surface area contributed by atoms with Crippen LogP contribution in [0.15, 0.2) is 47.4 Å². The van der Waals surface area contributed by atoms with Crippen molar-refractivity contribution >= 4 is 21.5 Å². The van der Waals surface area contributed by atoms with E-state index in [1.807, 2.05) is 0 Å². The topological polar surface area (TPSA) is 107 Å². The second kappa shape index (κ2) is 8.89. The lowest BCUT2D eigenvalue weighted by Crippen LogP contribution is -2.30. The number of hydrogen-bond acceptors (Lipinski definition) is 6. The Morgan fingerprint density at radius 3 is 2.29 bits per heavy atom. The first-order valence-electron chi connectivity index (χ1n) is 8.40. The van der Waals surface area contributed by atoms with Gasteiger partial charge in [0.2, 0.25) is 10.0 Å². The van der Waals surface area contributed by atoms with E-state index in [-0.39, 0.29) is 29.3 Å². The number of sulfonamides is 1. The molecule has 0 heterocycles. The molecule has 0 N–H and O–H groups in total. The van der Waals surface area contributed by atoms with E-state index in [0.717, 1.165) is 24.3 Å². The Balaban J connectivity index is 2.27. The van der Waals surface area contributed by atoms with Crippen molar-refractivity contribution in [3.8, 4) is 5.75 Å². The van der Waals surface area contributed by atoms with Crippen molar-refractivity contribution in [2.45, 2.75) is 18.7 Å². The third-order valence-corrected chi connectivity index (χ3v) is 6.04. The molecule has 0 bridgehead atoms. The SMILES string of the molecule is CCN(CC)S(=O)(=O)c1ccc(OCC(=O)c2ccc(F)cc2)c([N+](=O)[O-])c1. The molecule has 0 saturated heterocycles. The number of carbonyl (C=O) groups is 1. The molecular formula is C18H19FN2O6S. The van der Waals surface area contributed by atoms with E-state index in [4.69, 9.17) is 4.74 Å². The molecule has 150 valence electrons. The summed E-state index contributed by atoms with van der Waals surface area (Å²) < 4.78 is 44.4. The molecule has 8 nitrogen and oxygen atoms in total. The first-order valence-corrected chi connectivity index (χ1v) is 9.84. The zero-order valence-electron chi connectivity index (χ0n) is 15.3. The van der Waals surface area contributed by atoms with Crippen LogP contribution in [0.5, 0.6) is 5.75 Å². The number of nitrogens with zero attached hydrogens (tertiary/aromatic N) is 2. The minimum atomic E-state index is -3.88. The lowest BCUT2D eigenvalue weighted by atomic mass is 10.1. The summed E-state index contributed by atoms with van der Waals surface area (Å²) in [4.78, 5) is 22.4. The van der Waals surface area contributed by atoms with Gasteiger partial charge in [0.25, 0.3) is 0 Å². The smallest absolute Gasteiger partial charge is 0.312 e. The molecule has 2 rings (SSSR count). The summed E-state index contributed by atoms with van der Waals surface area (Å²) in [5.41, 5.74) is -0.384. The van der Waals surface area contributed by atoms with E-state index in [1.54, 1.807) is 13.8 Å². The maximum absolute atomic E-state index is 12.9. The van der Waals surface area contributed by atoms with Crippen molar-refractivity contribution in [3.63, 3.8) is 0 Å². The molecule has 0 amide bonds. The number of hydrogen-bond donors (Lipinski definition) is 0. The van der Waals surface area contributed by atoms with Crippen molar-refractivity contribution in [2.75, 3.05) is 19.7 Å². The number of benzene rings is 2. The molecule has 0 spiro atoms. The highest BCUT2D eigenvalue weighted by Crippen LogP contribution is 2.31. The molecular weight excluding hydrogens is 391 g/mol. The third-order valence-electron chi connectivity index (χ3n) is 4.00. The zero-order chi connectivity index (χ0) is 20.9. The molecule has 0 aliphatic heterocycles. The minimum Gasteiger partial charge on any atom is -0.478 e. The third kappa shape index (κ3) is 4.70. The average Bonchev–Trinajstić information content (AvgIpc) is 2.67. The Labute approximate surface area is 161 Å². The molecule has 2 aromatic rings. The summed E-state index contributed by atoms with van der Waals surface area (Å²) in [5.74, 6) is -1.24. The Kier molecular flexibility index (Phi) is 6.81. The second-order valence-electron chi connectivity index (χ2n) is 5.69. The van der Waals surface area contributed by atoms with Crippen LogP contribution in [0.3, 0.4) is 0 Å². The second-order valence-corrected chi connectivity index (χ2v) is 7.63. The van der Waals surface area contributed by atoms with Crippen LogP contribution in [0.4, 0.5) is 10.1 Å². The van der Waals surface area contributed by atoms with Gasteiger partial charge in [-0.05, 0) is 36.4 Å². The predicted octanol–water partition coefficient (Wildman–Crippen LogP) is 3.03. The van der Waals surface area contributed by atoms with E-state index in [1.165, 1.54) is 22.5 Å². The highest BCUT2D eigenvalue weighted by Gasteiger charge is 2.26. The van der Waals surface area contributed by atoms with Crippen LogP contribution in [0.1, 0.15) is 24.2 Å². The summed E-state index contributed by atoms with van der Waals surface area (Å²) in [6.07, 6.45) is 0. The molecule has 0 fully saturated rings. The quantitative estimate of drug-likeness (QED) is 0.357. The lowest BCUT2D eigenvalue weighted by Gasteiger charge is -2.18. The fraction of sp³-hybridized carbons (Fsp3) is 0.278. The predicted molar refractivity (Wildman–Crippen MR) is 99.4 cm³/mol. The Morgan fingerprint density at radius 2 is 1.75 bits per heavy atom. The number of ether oxygens (including phenoxy) is 1. The standard InChI is InChI=1S/C18H19FN2O6S/c1-3-20(4-2)28(25,26)15-9-10-18(16(11-15)21(23)24)27-12-17(22)13-5-7-14(19)8-6-13/h5-11H,3-4,12H2,1-2H3. The molecule has 0 atom stereocenters. The summed E-state index contributed by atoms with van der Waals surface area (Å²) in [6, 6.07) is 8.02. The largest absolute Gasteiger partial charge is 0.478 e. The Morgan fingerprint density at radius 1 is 1.14 bits per heavy atom. The van der Waals surface area contributed by atoms with Gasteiger partial charge in [-0.2, -0.15) is 4.31 Å². The van der Waals surface area contributed by atoms with Crippen LogP contribution in [0.2, 0.25) is 0 Å². The zero-order valence-corrected chi connectivity index (χ0v) is 16.1. The summed E-state index contributed by atoms with van der Waals surface area (Å²) >= 11 is 0. The molecule has 0 radical (unpaired) electrons. The molecule has 0 aromatic heterocycles. The van der Waals surface area contributed by atoms with Crippen LogP contribution in [0.25, 0.3) is 0 Å². The van der Waals surface area contributed by atoms with Gasteiger partial charge < -0.3 is 4.74 Å². The van der Waals surface area contributed by atoms with Crippen molar-refractivity contribution in [3.05, 3.63) is 64.0 Å². The van der Waals surface area contributed by atoms with Gasteiger partial charge >= 0.3 is 5.69 Å². The summed E-state index contributed by atoms with van der Waals surface area (Å²) in [6.45, 7) is 3.24. The molecule has 0 aliphatic carbocycles. The molecule has 10 heteroatoms. The Hall–Kier alpha value is -2.85. The monoisotopic (exact) mass is 410 g/mol. The van der Waals surface area contributed by atoms with E-state index >= 15 is 0 Å². The number of carbonyl (C=O) groups excluding carboxylic acids is 1. The van der Waals surface area contributed by atoms with E-state index in [9.17, 15) is 27.7 Å². The number of rotatable bonds is 9. The maximum atomic E-state index is 12.9. The summed E-state index contributed by atoms with van der Waals surface area (Å²) in [5, 5.41) is 11.4. The molecule has 28 heavy (non-hydrogen) atoms. The molecule has 0 unspecified atom stereocenters. The average molecular weight is 410 g/mol. The molecule has 2 aromatic carbocycles. The highest BCUT2D eigenvalue weighted by atomic mass is 32.2. The van der Waals surface area contributed by atoms with E-state index in [0.29, 0.717) is 0 Å². The van der Waals surface area contributed by atoms with Crippen molar-refractivity contribution in [1.82, 2.24) is 4.31 Å². The summed E-state index contributed by atoms with van der Waals surface area (Å²) in [7, 11) is -3.88. The van der Waals surface area contributed by atoms with Gasteiger partial charge in [-0.1, -0.05) is 13.8 Å². The fourth-order valence-electron chi connectivity index (χ4n) is 2.50. The first-order chi connectivity index (χ1) is 13.2. The Bertz CT molecular complexity index is 972. The highest BCUT2D eigenvalue weighted by molar-refractivity contribution is 7.89. The van der Waals surface area contributed by atoms with Crippen molar-refractivity contribution in [2.24, 2.45) is 0 Å². The van der Waals surface area contributed by atoms with E-state index in [2.05, 4.69) is 0 Å². The number of nitro benzene ring substituents is 1. The van der Waals surface area contributed by atoms with E-state index < -0.39 is 38.8 Å². The number of halogens is 1. The van der Waals surface area contributed by atoms with Gasteiger partial charge in [0.15, 0.2) is 18.1 Å². The molecule has 0 aliphatic rings. The van der Waals surface area contributed by atoms with Crippen LogP contribution >= 0.6 is 0 Å². The minimum absolute atomic E-state index is 0.185. The number of Topliss-reactive ketones (excluding diaryl/α,β-unsaturated/α-hetero) is 1. The maximum Gasteiger partial charge on any atom is 0.312 e. The fourth-order valence-corrected chi connectivity index (χ4v) is 3.98. The van der Waals surface area contributed by atoms with Gasteiger partial charge in [-0.25, -0.2) is 12.8 Å². The van der Waals surface area contributed by atoms with Crippen LogP contribution < -0.4 is 4.74 Å². The first kappa shape index (κ1) is 21.5. The molecule has 0 saturated carbocycles. The lowest BCUT2D eigenvalue weighted by molar-refractivity contribution is -0.386. The van der Waals surface area contributed by atoms with Crippen LogP contribution in [0, 0.1) is 15.9 Å². The van der Waals surface area contributed by atoms with Crippen LogP contribution in [-0.4, -0.2) is 43.1 Å². The van der Waals surface area contributed by atoms with Gasteiger partial charge in [-0.15, -0.1) is 0 Å². The van der Waals surface area contributed by atoms with Gasteiger partial charge in [-0.3, -0.25) is 14.9 Å². The normalized spacial score (nSPS) is 11.4. The van der Waals surface area contributed by atoms with Gasteiger partial charge in [0, 0.05) is 24.7 Å². The van der Waals surface area contributed by atoms with Crippen LogP contribution in [-0.2, 0) is 10.0 Å².